The maximum absolute atomic E-state index is 13.7. The summed E-state index contributed by atoms with van der Waals surface area (Å²) >= 11 is -0.244. The number of carbonyl (C=O) groups excluding carboxylic acids is 8. The van der Waals surface area contributed by atoms with Crippen molar-refractivity contribution in [1.29, 1.82) is 0 Å². The number of nitrogens with zero attached hydrogens (tertiary/aromatic N) is 2. The van der Waals surface area contributed by atoms with E-state index in [1.54, 1.807) is 64.1 Å². The zero-order chi connectivity index (χ0) is 55.4. The predicted molar refractivity (Wildman–Crippen MR) is 293 cm³/mol. The molecule has 4 amide bonds. The monoisotopic (exact) mass is 1070 g/mol. The van der Waals surface area contributed by atoms with Crippen molar-refractivity contribution in [3.63, 3.8) is 0 Å². The van der Waals surface area contributed by atoms with Crippen LogP contribution in [0.4, 0.5) is 0 Å². The molecule has 0 bridgehead atoms. The number of piperidine rings is 2. The molecule has 4 atom stereocenters. The number of benzene rings is 3. The van der Waals surface area contributed by atoms with Crippen molar-refractivity contribution in [2.24, 2.45) is 10.8 Å². The Morgan fingerprint density at radius 3 is 1.33 bits per heavy atom. The molecule has 0 aromatic heterocycles. The first kappa shape index (κ1) is 61.1. The van der Waals surface area contributed by atoms with Gasteiger partial charge in [0.25, 0.3) is 0 Å². The number of ether oxygens (including phenoxy) is 4. The number of nitrogens with one attached hydrogen (secondary N) is 2. The summed E-state index contributed by atoms with van der Waals surface area (Å²) in [6.45, 7) is 11.3. The number of likely N-dealkylation sites (tertiary alicyclic amines) is 2. The molecular weight excluding hydrogens is 999 g/mol. The number of carbonyl (C=O) groups is 8. The maximum atomic E-state index is 13.7. The molecule has 3 aromatic carbocycles. The van der Waals surface area contributed by atoms with Crippen molar-refractivity contribution in [3.05, 3.63) is 95.1 Å². The zero-order valence-corrected chi connectivity index (χ0v) is 47.6. The van der Waals surface area contributed by atoms with E-state index >= 15 is 0 Å². The molecule has 76 heavy (non-hydrogen) atoms. The molecule has 16 nitrogen and oxygen atoms in total. The van der Waals surface area contributed by atoms with E-state index < -0.39 is 70.4 Å². The molecule has 2 heterocycles. The second kappa shape index (κ2) is 29.7. The standard InChI is InChI=1S/C56H72N4O12.2CH2.2Al/c1-9-45(71-53(67)43-23-13-15-29-59(43)51(65)49(63)55(5,6)11-3)39-19-17-21-41(31-39)69-35-47(61)57-33-37-25-27-38(28-26-37)34-58-48(62)36-70-42-22-18-20-40(32-42)46(10-2)72-54(68)44-24-14-16-30-60(44)52(66)50(64)56(7,8)12-4;;;;/h17-22,25-28,31-32,43-46H,1-2,9-16,23-24,29-30,33-36H2,3-8H3,(H,57,61)(H,58,62);2*1H2;;/t43?,44?,45-,46?;;;;/m1..../s1. The van der Waals surface area contributed by atoms with E-state index in [1.165, 1.54) is 9.80 Å². The summed E-state index contributed by atoms with van der Waals surface area (Å²) in [7, 11) is 0. The van der Waals surface area contributed by atoms with Crippen molar-refractivity contribution >= 4 is 87.5 Å². The summed E-state index contributed by atoms with van der Waals surface area (Å²) in [6, 6.07) is 19.8. The molecule has 2 saturated heterocycles. The molecule has 406 valence electrons. The Hall–Kier alpha value is -5.78. The summed E-state index contributed by atoms with van der Waals surface area (Å²) in [5.74, 6) is -3.27. The van der Waals surface area contributed by atoms with Gasteiger partial charge in [-0.1, -0.05) is 24.3 Å². The first-order chi connectivity index (χ1) is 36.3. The van der Waals surface area contributed by atoms with Crippen molar-refractivity contribution in [3.8, 4) is 11.5 Å². The number of esters is 2. The Morgan fingerprint density at radius 1 is 0.592 bits per heavy atom. The SMILES string of the molecule is [CH2]=[Al][CH2]CC(OC(=O)C1CCCCN1C(=O)C(=O)C(C)(C)CC)c1cccc(OCC(=O)NCc2ccc(CNC(=O)COc3cccc([C@@H](C[CH2][Al]=[CH2])OC(=O)C4CCCCN4C(=O)C(=O)C(C)(C)CC)c3)cc2)c1. The fourth-order valence-electron chi connectivity index (χ4n) is 8.75. The summed E-state index contributed by atoms with van der Waals surface area (Å²) in [4.78, 5) is 109. The fourth-order valence-corrected chi connectivity index (χ4v) is 9.83. The quantitative estimate of drug-likeness (QED) is 0.0433. The van der Waals surface area contributed by atoms with Crippen LogP contribution in [-0.2, 0) is 60.9 Å². The number of hydrogen-bond donors (Lipinski definition) is 2. The van der Waals surface area contributed by atoms with Crippen LogP contribution in [0.15, 0.2) is 72.8 Å². The molecule has 18 heteroatoms. The van der Waals surface area contributed by atoms with E-state index in [2.05, 4.69) is 21.4 Å². The van der Waals surface area contributed by atoms with Gasteiger partial charge in [-0.15, -0.1) is 0 Å². The van der Waals surface area contributed by atoms with Crippen LogP contribution < -0.4 is 20.1 Å². The van der Waals surface area contributed by atoms with E-state index in [4.69, 9.17) is 18.9 Å². The number of Topliss-reactive ketones (excluding diaryl/α,β-unsaturated/α-hetero) is 2. The Balaban J connectivity index is 1.07. The van der Waals surface area contributed by atoms with Gasteiger partial charge in [-0.2, -0.15) is 0 Å². The number of amides is 4. The first-order valence-corrected chi connectivity index (χ1v) is 30.0. The average Bonchev–Trinajstić information content (AvgIpc) is 3.44. The van der Waals surface area contributed by atoms with E-state index in [9.17, 15) is 38.4 Å². The van der Waals surface area contributed by atoms with Crippen LogP contribution in [0.1, 0.15) is 140 Å². The first-order valence-electron chi connectivity index (χ1n) is 26.7. The molecule has 3 unspecified atom stereocenters. The Morgan fingerprint density at radius 2 is 0.974 bits per heavy atom. The van der Waals surface area contributed by atoms with E-state index in [0.29, 0.717) is 87.1 Å². The number of rotatable bonds is 28. The molecule has 5 rings (SSSR count). The topological polar surface area (TPSA) is 204 Å². The van der Waals surface area contributed by atoms with E-state index in [0.717, 1.165) is 34.5 Å². The molecule has 3 aromatic rings. The molecule has 0 radical (unpaired) electrons. The van der Waals surface area contributed by atoms with Gasteiger partial charge >= 0.3 is 438 Å². The summed E-state index contributed by atoms with van der Waals surface area (Å²) in [5, 5.41) is 15.3. The zero-order valence-electron chi connectivity index (χ0n) is 45.3. The second-order valence-electron chi connectivity index (χ2n) is 20.8. The van der Waals surface area contributed by atoms with E-state index in [1.807, 2.05) is 50.2 Å². The molecular formula is C58H76Al2N4O12. The van der Waals surface area contributed by atoms with Gasteiger partial charge in [0.1, 0.15) is 0 Å². The van der Waals surface area contributed by atoms with Gasteiger partial charge in [0.05, 0.1) is 0 Å². The van der Waals surface area contributed by atoms with Crippen molar-refractivity contribution in [2.75, 3.05) is 26.3 Å². The summed E-state index contributed by atoms with van der Waals surface area (Å²) in [5.41, 5.74) is 1.36. The van der Waals surface area contributed by atoms with Crippen LogP contribution in [0.25, 0.3) is 0 Å². The van der Waals surface area contributed by atoms with Crippen LogP contribution in [0.2, 0.25) is 10.6 Å². The van der Waals surface area contributed by atoms with Crippen LogP contribution >= 0.6 is 0 Å². The van der Waals surface area contributed by atoms with Gasteiger partial charge in [0.2, 0.25) is 0 Å². The minimum atomic E-state index is -0.854. The van der Waals surface area contributed by atoms with Crippen molar-refractivity contribution in [1.82, 2.24) is 20.4 Å². The van der Waals surface area contributed by atoms with Crippen LogP contribution in [0.3, 0.4) is 0 Å². The second-order valence-corrected chi connectivity index (χ2v) is 23.1. The Kier molecular flexibility index (Phi) is 23.8. The Bertz CT molecular complexity index is 2380. The molecule has 0 spiro atoms. The molecule has 2 aliphatic heterocycles. The fraction of sp³-hybridized carbons (Fsp3) is 0.517. The van der Waals surface area contributed by atoms with Gasteiger partial charge in [0, 0.05) is 0 Å². The molecule has 0 saturated carbocycles. The van der Waals surface area contributed by atoms with Crippen molar-refractivity contribution < 1.29 is 57.3 Å². The van der Waals surface area contributed by atoms with Crippen molar-refractivity contribution in [2.45, 2.75) is 154 Å². The van der Waals surface area contributed by atoms with Gasteiger partial charge in [-0.3, -0.25) is 0 Å². The summed E-state index contributed by atoms with van der Waals surface area (Å²) in [6.07, 6.45) is 4.45. The third-order valence-electron chi connectivity index (χ3n) is 14.4. The average molecular weight is 1080 g/mol. The minimum absolute atomic E-state index is 0.122. The van der Waals surface area contributed by atoms with Gasteiger partial charge in [-0.05, 0) is 0 Å². The van der Waals surface area contributed by atoms with Crippen LogP contribution in [0.5, 0.6) is 11.5 Å². The van der Waals surface area contributed by atoms with Gasteiger partial charge in [0.15, 0.2) is 0 Å². The number of hydrogen-bond acceptors (Lipinski definition) is 12. The van der Waals surface area contributed by atoms with Crippen LogP contribution in [0, 0.1) is 10.8 Å². The molecule has 2 fully saturated rings. The van der Waals surface area contributed by atoms with Crippen LogP contribution in [-0.4, -0.2) is 136 Å². The van der Waals surface area contributed by atoms with Gasteiger partial charge in [-0.25, -0.2) is 0 Å². The van der Waals surface area contributed by atoms with Gasteiger partial charge < -0.3 is 0 Å². The normalized spacial score (nSPS) is 16.4. The number of ketones is 2. The molecule has 2 N–H and O–H groups in total. The van der Waals surface area contributed by atoms with E-state index in [-0.39, 0.29) is 67.7 Å². The predicted octanol–water partition coefficient (Wildman–Crippen LogP) is 6.91. The molecule has 2 aliphatic rings. The summed E-state index contributed by atoms with van der Waals surface area (Å²) < 4.78 is 23.9. The third-order valence-corrected chi connectivity index (χ3v) is 15.9. The Labute approximate surface area is 460 Å². The third kappa shape index (κ3) is 17.6. The molecule has 0 aliphatic carbocycles.